The van der Waals surface area contributed by atoms with Gasteiger partial charge in [-0.05, 0) is 68.2 Å². The Bertz CT molecular complexity index is 804. The van der Waals surface area contributed by atoms with Gasteiger partial charge in [-0.1, -0.05) is 27.7 Å². The van der Waals surface area contributed by atoms with Gasteiger partial charge in [0.25, 0.3) is 0 Å². The molecule has 0 aliphatic heterocycles. The quantitative estimate of drug-likeness (QED) is 0.465. The molecule has 0 saturated carbocycles. The number of ether oxygens (including phenoxy) is 1. The van der Waals surface area contributed by atoms with Gasteiger partial charge >= 0.3 is 5.97 Å². The fourth-order valence-corrected chi connectivity index (χ4v) is 3.74. The van der Waals surface area contributed by atoms with Gasteiger partial charge in [0.1, 0.15) is 5.75 Å². The second kappa shape index (κ2) is 8.51. The van der Waals surface area contributed by atoms with Gasteiger partial charge in [0.15, 0.2) is 0 Å². The van der Waals surface area contributed by atoms with Crippen LogP contribution in [-0.2, 0) is 16.0 Å². The normalized spacial score (nSPS) is 13.3. The minimum absolute atomic E-state index is 0.161. The van der Waals surface area contributed by atoms with Crippen LogP contribution in [0.4, 0.5) is 0 Å². The highest BCUT2D eigenvalue weighted by Crippen LogP contribution is 2.37. The van der Waals surface area contributed by atoms with Gasteiger partial charge in [0, 0.05) is 5.69 Å². The van der Waals surface area contributed by atoms with Crippen molar-refractivity contribution in [3.8, 4) is 11.4 Å². The number of carbonyl (C=O) groups is 1. The Morgan fingerprint density at radius 1 is 1.21 bits per heavy atom. The SMILES string of the molecule is CCOC(=O)[C@H](C)Cc1cnn(-c2ccc(O[Si](C)(C)C(C)(C)C)cc2)c1C. The molecule has 28 heavy (non-hydrogen) atoms. The van der Waals surface area contributed by atoms with Crippen LogP contribution in [0.25, 0.3) is 5.69 Å². The lowest BCUT2D eigenvalue weighted by molar-refractivity contribution is -0.147. The molecular formula is C22H34N2O3Si. The first-order chi connectivity index (χ1) is 13.0. The summed E-state index contributed by atoms with van der Waals surface area (Å²) in [5.74, 6) is 0.551. The minimum atomic E-state index is -1.85. The topological polar surface area (TPSA) is 53.3 Å². The van der Waals surface area contributed by atoms with E-state index in [1.165, 1.54) is 0 Å². The predicted octanol–water partition coefficient (Wildman–Crippen LogP) is 5.31. The molecule has 0 unspecified atom stereocenters. The third kappa shape index (κ3) is 5.04. The standard InChI is InChI=1S/C22H34N2O3Si/c1-9-26-21(25)16(2)14-18-15-23-24(17(18)3)19-10-12-20(13-11-19)27-28(7,8)22(4,5)6/h10-13,15-16H,9,14H2,1-8H3/t16-/m1/s1. The largest absolute Gasteiger partial charge is 0.544 e. The lowest BCUT2D eigenvalue weighted by Gasteiger charge is -2.36. The van der Waals surface area contributed by atoms with E-state index >= 15 is 0 Å². The van der Waals surface area contributed by atoms with Crippen LogP contribution in [0.15, 0.2) is 30.5 Å². The van der Waals surface area contributed by atoms with E-state index in [9.17, 15) is 4.79 Å². The predicted molar refractivity (Wildman–Crippen MR) is 116 cm³/mol. The van der Waals surface area contributed by atoms with Gasteiger partial charge in [-0.25, -0.2) is 4.68 Å². The van der Waals surface area contributed by atoms with E-state index in [1.54, 1.807) is 0 Å². The second-order valence-corrected chi connectivity index (χ2v) is 13.6. The molecule has 0 spiro atoms. The molecule has 1 atom stereocenters. The molecule has 154 valence electrons. The fourth-order valence-electron chi connectivity index (χ4n) is 2.71. The van der Waals surface area contributed by atoms with E-state index < -0.39 is 8.32 Å². The molecule has 6 heteroatoms. The number of nitrogens with zero attached hydrogens (tertiary/aromatic N) is 2. The first-order valence-electron chi connectivity index (χ1n) is 9.96. The van der Waals surface area contributed by atoms with Crippen molar-refractivity contribution in [3.63, 3.8) is 0 Å². The summed E-state index contributed by atoms with van der Waals surface area (Å²) in [6.07, 6.45) is 2.46. The maximum absolute atomic E-state index is 11.9. The summed E-state index contributed by atoms with van der Waals surface area (Å²) in [7, 11) is -1.85. The lowest BCUT2D eigenvalue weighted by Crippen LogP contribution is -2.43. The zero-order valence-electron chi connectivity index (χ0n) is 18.5. The molecule has 2 rings (SSSR count). The summed E-state index contributed by atoms with van der Waals surface area (Å²) in [4.78, 5) is 11.9. The third-order valence-corrected chi connectivity index (χ3v) is 9.95. The first-order valence-corrected chi connectivity index (χ1v) is 12.9. The number of carbonyl (C=O) groups excluding carboxylic acids is 1. The Morgan fingerprint density at radius 3 is 2.36 bits per heavy atom. The highest BCUT2D eigenvalue weighted by atomic mass is 28.4. The number of hydrogen-bond acceptors (Lipinski definition) is 4. The number of benzene rings is 1. The van der Waals surface area contributed by atoms with Crippen LogP contribution < -0.4 is 4.43 Å². The van der Waals surface area contributed by atoms with Crippen molar-refractivity contribution in [1.29, 1.82) is 0 Å². The smallest absolute Gasteiger partial charge is 0.308 e. The van der Waals surface area contributed by atoms with Crippen LogP contribution in [0.2, 0.25) is 18.1 Å². The molecule has 0 saturated heterocycles. The van der Waals surface area contributed by atoms with Crippen LogP contribution in [0.5, 0.6) is 5.75 Å². The molecule has 1 heterocycles. The minimum Gasteiger partial charge on any atom is -0.544 e. The summed E-state index contributed by atoms with van der Waals surface area (Å²) < 4.78 is 13.4. The van der Waals surface area contributed by atoms with Crippen molar-refractivity contribution in [2.75, 3.05) is 6.61 Å². The zero-order chi connectivity index (χ0) is 21.1. The van der Waals surface area contributed by atoms with E-state index in [0.29, 0.717) is 13.0 Å². The zero-order valence-corrected chi connectivity index (χ0v) is 19.5. The first kappa shape index (κ1) is 22.2. The van der Waals surface area contributed by atoms with Gasteiger partial charge in [-0.3, -0.25) is 4.79 Å². The van der Waals surface area contributed by atoms with Crippen molar-refractivity contribution >= 4 is 14.3 Å². The Hall–Kier alpha value is -2.08. The summed E-state index contributed by atoms with van der Waals surface area (Å²) in [5, 5.41) is 4.68. The van der Waals surface area contributed by atoms with Gasteiger partial charge in [0.2, 0.25) is 8.32 Å². The molecule has 2 aromatic rings. The fraction of sp³-hybridized carbons (Fsp3) is 0.545. The van der Waals surface area contributed by atoms with Crippen LogP contribution in [0.1, 0.15) is 45.9 Å². The number of esters is 1. The molecule has 0 N–H and O–H groups in total. The van der Waals surface area contributed by atoms with Crippen LogP contribution in [0.3, 0.4) is 0 Å². The molecule has 0 fully saturated rings. The van der Waals surface area contributed by atoms with Crippen molar-refractivity contribution in [2.45, 2.75) is 66.1 Å². The number of hydrogen-bond donors (Lipinski definition) is 0. The summed E-state index contributed by atoms with van der Waals surface area (Å²) in [6.45, 7) is 17.3. The highest BCUT2D eigenvalue weighted by Gasteiger charge is 2.38. The summed E-state index contributed by atoms with van der Waals surface area (Å²) in [6, 6.07) is 8.08. The monoisotopic (exact) mass is 402 g/mol. The maximum atomic E-state index is 11.9. The molecule has 1 aromatic heterocycles. The van der Waals surface area contributed by atoms with Crippen molar-refractivity contribution in [1.82, 2.24) is 9.78 Å². The highest BCUT2D eigenvalue weighted by molar-refractivity contribution is 6.74. The Kier molecular flexibility index (Phi) is 6.75. The molecule has 0 bridgehead atoms. The Morgan fingerprint density at radius 2 is 1.82 bits per heavy atom. The Balaban J connectivity index is 2.15. The molecule has 5 nitrogen and oxygen atoms in total. The lowest BCUT2D eigenvalue weighted by atomic mass is 10.0. The van der Waals surface area contributed by atoms with Gasteiger partial charge < -0.3 is 9.16 Å². The Labute approximate surface area is 170 Å². The van der Waals surface area contributed by atoms with Gasteiger partial charge in [-0.2, -0.15) is 5.10 Å². The van der Waals surface area contributed by atoms with Gasteiger partial charge in [-0.15, -0.1) is 0 Å². The molecule has 0 amide bonds. The van der Waals surface area contributed by atoms with E-state index in [-0.39, 0.29) is 16.9 Å². The third-order valence-electron chi connectivity index (χ3n) is 5.59. The van der Waals surface area contributed by atoms with E-state index in [0.717, 1.165) is 22.7 Å². The van der Waals surface area contributed by atoms with E-state index in [2.05, 4.69) is 39.0 Å². The summed E-state index contributed by atoms with van der Waals surface area (Å²) >= 11 is 0. The van der Waals surface area contributed by atoms with Crippen molar-refractivity contribution < 1.29 is 14.0 Å². The summed E-state index contributed by atoms with van der Waals surface area (Å²) in [5.41, 5.74) is 3.08. The molecule has 0 aliphatic rings. The van der Waals surface area contributed by atoms with Crippen molar-refractivity contribution in [3.05, 3.63) is 41.7 Å². The second-order valence-electron chi connectivity index (χ2n) is 8.88. The van der Waals surface area contributed by atoms with Crippen LogP contribution >= 0.6 is 0 Å². The van der Waals surface area contributed by atoms with Crippen LogP contribution in [-0.4, -0.2) is 30.7 Å². The van der Waals surface area contributed by atoms with E-state index in [1.807, 2.05) is 55.9 Å². The maximum Gasteiger partial charge on any atom is 0.308 e. The van der Waals surface area contributed by atoms with Gasteiger partial charge in [0.05, 0.1) is 24.4 Å². The average Bonchev–Trinajstić information content (AvgIpc) is 2.95. The number of rotatable bonds is 7. The average molecular weight is 403 g/mol. The molecular weight excluding hydrogens is 368 g/mol. The molecule has 1 aromatic carbocycles. The number of aromatic nitrogens is 2. The molecule has 0 radical (unpaired) electrons. The van der Waals surface area contributed by atoms with Crippen LogP contribution in [0, 0.1) is 12.8 Å². The van der Waals surface area contributed by atoms with Crippen molar-refractivity contribution in [2.24, 2.45) is 5.92 Å². The van der Waals surface area contributed by atoms with E-state index in [4.69, 9.17) is 9.16 Å². The molecule has 0 aliphatic carbocycles.